The average molecular weight is 523 g/mol. The van der Waals surface area contributed by atoms with Crippen molar-refractivity contribution in [3.63, 3.8) is 0 Å². The largest absolute Gasteiger partial charge is 0.453 e. The van der Waals surface area contributed by atoms with Crippen molar-refractivity contribution in [2.24, 2.45) is 11.8 Å². The molecule has 34 heavy (non-hydrogen) atoms. The number of alkyl halides is 2. The topological polar surface area (TPSA) is 111 Å². The number of hydrogen-bond donors (Lipinski definition) is 1. The van der Waals surface area contributed by atoms with Gasteiger partial charge in [-0.2, -0.15) is 8.78 Å². The van der Waals surface area contributed by atoms with Gasteiger partial charge in [0, 0.05) is 29.9 Å². The number of methoxy groups -OCH3 is 1. The third-order valence-electron chi connectivity index (χ3n) is 7.73. The van der Waals surface area contributed by atoms with Crippen LogP contribution in [-0.4, -0.2) is 73.1 Å². The van der Waals surface area contributed by atoms with E-state index in [2.05, 4.69) is 21.6 Å². The molecule has 1 amide bonds. The summed E-state index contributed by atoms with van der Waals surface area (Å²) in [6.45, 7) is 3.89. The fraction of sp³-hybridized carbons (Fsp3) is 0.762. The summed E-state index contributed by atoms with van der Waals surface area (Å²) in [4.78, 5) is 22.6. The molecule has 0 unspecified atom stereocenters. The highest BCUT2D eigenvalue weighted by molar-refractivity contribution is 7.89. The molecule has 3 fully saturated rings. The van der Waals surface area contributed by atoms with Crippen LogP contribution in [0.25, 0.3) is 0 Å². The highest BCUT2D eigenvalue weighted by atomic mass is 35.5. The van der Waals surface area contributed by atoms with Crippen LogP contribution in [0.3, 0.4) is 0 Å². The second-order valence-corrected chi connectivity index (χ2v) is 11.6. The minimum atomic E-state index is -4.83. The molecule has 9 nitrogen and oxygen atoms in total. The van der Waals surface area contributed by atoms with Crippen molar-refractivity contribution in [2.45, 2.75) is 74.9 Å². The van der Waals surface area contributed by atoms with Gasteiger partial charge in [0.1, 0.15) is 5.82 Å². The molecule has 4 rings (SSSR count). The number of nitrogens with one attached hydrogen (secondary N) is 1. The van der Waals surface area contributed by atoms with E-state index < -0.39 is 40.0 Å². The predicted octanol–water partition coefficient (Wildman–Crippen LogP) is 2.94. The molecule has 1 saturated heterocycles. The monoisotopic (exact) mass is 522 g/mol. The van der Waals surface area contributed by atoms with Gasteiger partial charge in [-0.25, -0.2) is 27.9 Å². The summed E-state index contributed by atoms with van der Waals surface area (Å²) in [5.41, 5.74) is -0.0974. The number of aromatic nitrogens is 2. The van der Waals surface area contributed by atoms with Gasteiger partial charge in [0.2, 0.25) is 0 Å². The maximum absolute atomic E-state index is 13.0. The van der Waals surface area contributed by atoms with Crippen LogP contribution < -0.4 is 4.72 Å². The molecular weight excluding hydrogens is 494 g/mol. The van der Waals surface area contributed by atoms with Crippen LogP contribution in [0.5, 0.6) is 0 Å². The Bertz CT molecular complexity index is 1020. The lowest BCUT2D eigenvalue weighted by Crippen LogP contribution is -2.51. The van der Waals surface area contributed by atoms with Gasteiger partial charge in [-0.1, -0.05) is 18.5 Å². The Kier molecular flexibility index (Phi) is 7.07. The van der Waals surface area contributed by atoms with Gasteiger partial charge in [-0.3, -0.25) is 4.90 Å². The summed E-state index contributed by atoms with van der Waals surface area (Å²) < 4.78 is 62.6. The van der Waals surface area contributed by atoms with Crippen molar-refractivity contribution in [1.29, 1.82) is 0 Å². The summed E-state index contributed by atoms with van der Waals surface area (Å²) in [5.74, 6) is -2.06. The first kappa shape index (κ1) is 25.5. The first-order valence-corrected chi connectivity index (χ1v) is 13.2. The number of ether oxygens (including phenoxy) is 2. The van der Waals surface area contributed by atoms with Crippen LogP contribution in [0, 0.1) is 11.8 Å². The summed E-state index contributed by atoms with van der Waals surface area (Å²) in [7, 11) is -3.61. The van der Waals surface area contributed by atoms with E-state index in [9.17, 15) is 22.0 Å². The summed E-state index contributed by atoms with van der Waals surface area (Å²) in [5, 5.41) is 0.486. The smallest absolute Gasteiger partial charge is 0.410 e. The fourth-order valence-electron chi connectivity index (χ4n) is 5.94. The molecule has 0 bridgehead atoms. The van der Waals surface area contributed by atoms with Crippen LogP contribution in [0.15, 0.2) is 12.4 Å². The van der Waals surface area contributed by atoms with E-state index in [4.69, 9.17) is 21.1 Å². The Balaban J connectivity index is 1.43. The van der Waals surface area contributed by atoms with Crippen molar-refractivity contribution in [3.05, 3.63) is 23.2 Å². The molecule has 7 atom stereocenters. The molecule has 3 aliphatic rings. The number of rotatable bonds is 7. The van der Waals surface area contributed by atoms with Crippen molar-refractivity contribution >= 4 is 27.7 Å². The lowest BCUT2D eigenvalue weighted by molar-refractivity contribution is -0.0104. The van der Waals surface area contributed by atoms with Crippen molar-refractivity contribution in [1.82, 2.24) is 19.6 Å². The number of amides is 1. The van der Waals surface area contributed by atoms with Gasteiger partial charge in [-0.15, -0.1) is 0 Å². The van der Waals surface area contributed by atoms with E-state index in [1.54, 1.807) is 19.3 Å². The average Bonchev–Trinajstić information content (AvgIpc) is 3.26. The zero-order chi connectivity index (χ0) is 24.8. The molecule has 1 aromatic rings. The van der Waals surface area contributed by atoms with Gasteiger partial charge < -0.3 is 9.47 Å². The van der Waals surface area contributed by atoms with Crippen LogP contribution in [0.1, 0.15) is 45.4 Å². The molecule has 1 aromatic heterocycles. The lowest BCUT2D eigenvalue weighted by Gasteiger charge is -2.32. The Labute approximate surface area is 202 Å². The third-order valence-corrected chi connectivity index (χ3v) is 9.03. The first-order valence-electron chi connectivity index (χ1n) is 11.3. The highest BCUT2D eigenvalue weighted by Gasteiger charge is 2.66. The third kappa shape index (κ3) is 4.49. The zero-order valence-electron chi connectivity index (χ0n) is 19.2. The zero-order valence-corrected chi connectivity index (χ0v) is 20.7. The Morgan fingerprint density at radius 2 is 2.00 bits per heavy atom. The summed E-state index contributed by atoms with van der Waals surface area (Å²) >= 11 is 5.93. The van der Waals surface area contributed by atoms with Crippen LogP contribution in [0.4, 0.5) is 13.6 Å². The Hall–Kier alpha value is -1.63. The first-order chi connectivity index (χ1) is 16.0. The number of carbonyl (C=O) groups is 1. The van der Waals surface area contributed by atoms with Gasteiger partial charge >= 0.3 is 11.9 Å². The maximum atomic E-state index is 13.0. The normalized spacial score (nSPS) is 35.3. The van der Waals surface area contributed by atoms with E-state index in [0.29, 0.717) is 16.9 Å². The number of carbonyl (C=O) groups excluding carboxylic acids is 1. The van der Waals surface area contributed by atoms with Crippen LogP contribution in [0.2, 0.25) is 5.02 Å². The number of hydrogen-bond acceptors (Lipinski definition) is 7. The number of likely N-dealkylation sites (tertiary alicyclic amines) is 1. The molecule has 1 N–H and O–H groups in total. The molecule has 0 aromatic carbocycles. The summed E-state index contributed by atoms with van der Waals surface area (Å²) in [6, 6.07) is -2.08. The molecule has 13 heteroatoms. The minimum Gasteiger partial charge on any atom is -0.453 e. The number of nitrogens with zero attached hydrogens (tertiary/aromatic N) is 3. The SMILES string of the molecule is COC(=O)N1[C@H](C)C[C@H](NS(=O)(=O)C(F)F)[C@@H]1CO[C@H]1CC[C@]2(c3ncc(Cl)cn3)[C@H](C1)[C@@H]2C. The van der Waals surface area contributed by atoms with Crippen LogP contribution >= 0.6 is 11.6 Å². The summed E-state index contributed by atoms with van der Waals surface area (Å²) in [6.07, 6.45) is 4.95. The quantitative estimate of drug-likeness (QED) is 0.586. The fourth-order valence-corrected chi connectivity index (χ4v) is 6.82. The second-order valence-electron chi connectivity index (χ2n) is 9.45. The van der Waals surface area contributed by atoms with E-state index in [-0.39, 0.29) is 24.5 Å². The highest BCUT2D eigenvalue weighted by Crippen LogP contribution is 2.66. The molecule has 0 spiro atoms. The van der Waals surface area contributed by atoms with Gasteiger partial charge in [0.15, 0.2) is 0 Å². The molecular formula is C21H29ClF2N4O5S. The van der Waals surface area contributed by atoms with Crippen molar-refractivity contribution in [2.75, 3.05) is 13.7 Å². The Morgan fingerprint density at radius 3 is 2.59 bits per heavy atom. The molecule has 190 valence electrons. The predicted molar refractivity (Wildman–Crippen MR) is 119 cm³/mol. The van der Waals surface area contributed by atoms with Gasteiger partial charge in [-0.05, 0) is 44.4 Å². The lowest BCUT2D eigenvalue weighted by atomic mass is 9.85. The molecule has 1 aliphatic heterocycles. The van der Waals surface area contributed by atoms with Crippen molar-refractivity contribution < 1.29 is 31.5 Å². The minimum absolute atomic E-state index is 0.00603. The molecule has 2 saturated carbocycles. The van der Waals surface area contributed by atoms with E-state index >= 15 is 0 Å². The van der Waals surface area contributed by atoms with E-state index in [1.165, 1.54) is 12.0 Å². The van der Waals surface area contributed by atoms with Crippen LogP contribution in [-0.2, 0) is 24.9 Å². The molecule has 2 aliphatic carbocycles. The standard InChI is InChI=1S/C21H29ClF2N4O5S/c1-11-6-16(27-34(30,31)19(23)24)17(28(11)20(29)32-3)10-33-14-4-5-21(12(2)15(21)7-14)18-25-8-13(22)9-26-18/h8-9,11-12,14-17,19,27H,4-7,10H2,1-3H3/t11-,12+,14+,15-,16+,17+,21-/m1/s1. The maximum Gasteiger partial charge on any atom is 0.410 e. The second kappa shape index (κ2) is 9.44. The number of halogens is 3. The number of sulfonamides is 1. The molecule has 0 radical (unpaired) electrons. The molecule has 2 heterocycles. The van der Waals surface area contributed by atoms with Crippen molar-refractivity contribution in [3.8, 4) is 0 Å². The number of fused-ring (bicyclic) bond motifs is 1. The van der Waals surface area contributed by atoms with E-state index in [0.717, 1.165) is 25.1 Å². The van der Waals surface area contributed by atoms with E-state index in [1.807, 2.05) is 0 Å². The van der Waals surface area contributed by atoms with Gasteiger partial charge in [0.05, 0.1) is 30.9 Å². The Morgan fingerprint density at radius 1 is 1.32 bits per heavy atom. The van der Waals surface area contributed by atoms with Gasteiger partial charge in [0.25, 0.3) is 10.0 Å².